The van der Waals surface area contributed by atoms with Crippen LogP contribution in [0.15, 0.2) is 18.3 Å². The van der Waals surface area contributed by atoms with Crippen LogP contribution in [0.2, 0.25) is 0 Å². The smallest absolute Gasteiger partial charge is 0.133 e. The van der Waals surface area contributed by atoms with Gasteiger partial charge in [0.1, 0.15) is 5.82 Å². The van der Waals surface area contributed by atoms with Crippen molar-refractivity contribution in [3.05, 3.63) is 23.9 Å². The van der Waals surface area contributed by atoms with Crippen LogP contribution in [0.3, 0.4) is 0 Å². The second-order valence-corrected chi connectivity index (χ2v) is 6.76. The maximum atomic E-state index is 4.61. The molecule has 1 N–H and O–H groups in total. The predicted octanol–water partition coefficient (Wildman–Crippen LogP) is 3.21. The van der Waals surface area contributed by atoms with E-state index in [-0.39, 0.29) is 5.54 Å². The van der Waals surface area contributed by atoms with Gasteiger partial charge in [0.15, 0.2) is 0 Å². The number of nitrogens with one attached hydrogen (secondary N) is 1. The molecule has 3 heteroatoms. The van der Waals surface area contributed by atoms with Gasteiger partial charge in [-0.15, -0.1) is 0 Å². The van der Waals surface area contributed by atoms with Crippen LogP contribution >= 0.6 is 0 Å². The highest BCUT2D eigenvalue weighted by Gasteiger charge is 2.19. The summed E-state index contributed by atoms with van der Waals surface area (Å²) in [6.07, 6.45) is 4.47. The van der Waals surface area contributed by atoms with E-state index in [0.717, 1.165) is 25.6 Å². The number of piperidine rings is 1. The average Bonchev–Trinajstić information content (AvgIpc) is 2.37. The third kappa shape index (κ3) is 4.20. The number of pyridine rings is 1. The summed E-state index contributed by atoms with van der Waals surface area (Å²) in [7, 11) is 0. The van der Waals surface area contributed by atoms with E-state index in [1.54, 1.807) is 0 Å². The van der Waals surface area contributed by atoms with Gasteiger partial charge in [-0.3, -0.25) is 0 Å². The highest BCUT2D eigenvalue weighted by atomic mass is 15.2. The summed E-state index contributed by atoms with van der Waals surface area (Å²) in [4.78, 5) is 7.06. The van der Waals surface area contributed by atoms with Gasteiger partial charge >= 0.3 is 0 Å². The van der Waals surface area contributed by atoms with Crippen molar-refractivity contribution in [2.24, 2.45) is 5.92 Å². The van der Waals surface area contributed by atoms with Crippen molar-refractivity contribution in [2.45, 2.75) is 52.6 Å². The third-order valence-corrected chi connectivity index (χ3v) is 3.76. The molecule has 0 atom stereocenters. The molecule has 1 aliphatic rings. The second-order valence-electron chi connectivity index (χ2n) is 6.76. The second kappa shape index (κ2) is 5.91. The normalized spacial score (nSPS) is 17.8. The van der Waals surface area contributed by atoms with Gasteiger partial charge < -0.3 is 10.2 Å². The van der Waals surface area contributed by atoms with Crippen molar-refractivity contribution in [1.82, 2.24) is 10.3 Å². The zero-order valence-corrected chi connectivity index (χ0v) is 12.7. The van der Waals surface area contributed by atoms with Crippen LogP contribution in [0.25, 0.3) is 0 Å². The van der Waals surface area contributed by atoms with Crippen LogP contribution in [0.4, 0.5) is 5.82 Å². The van der Waals surface area contributed by atoms with Gasteiger partial charge in [0.2, 0.25) is 0 Å². The number of nitrogens with zero attached hydrogens (tertiary/aromatic N) is 2. The number of hydrogen-bond donors (Lipinski definition) is 1. The molecule has 0 bridgehead atoms. The van der Waals surface area contributed by atoms with Gasteiger partial charge in [-0.1, -0.05) is 13.0 Å². The van der Waals surface area contributed by atoms with Gasteiger partial charge in [0.25, 0.3) is 0 Å². The Bertz CT molecular complexity index is 401. The molecule has 0 aliphatic carbocycles. The predicted molar refractivity (Wildman–Crippen MR) is 81.4 cm³/mol. The van der Waals surface area contributed by atoms with Gasteiger partial charge in [0, 0.05) is 36.9 Å². The summed E-state index contributed by atoms with van der Waals surface area (Å²) in [6.45, 7) is 12.1. The first-order chi connectivity index (χ1) is 8.96. The molecule has 1 saturated heterocycles. The Morgan fingerprint density at radius 2 is 2.00 bits per heavy atom. The van der Waals surface area contributed by atoms with E-state index in [9.17, 15) is 0 Å². The van der Waals surface area contributed by atoms with Gasteiger partial charge in [-0.25, -0.2) is 4.98 Å². The minimum absolute atomic E-state index is 0.142. The van der Waals surface area contributed by atoms with E-state index in [0.29, 0.717) is 0 Å². The molecule has 2 rings (SSSR count). The first kappa shape index (κ1) is 14.3. The molecule has 0 spiro atoms. The van der Waals surface area contributed by atoms with Crippen molar-refractivity contribution < 1.29 is 0 Å². The highest BCUT2D eigenvalue weighted by Crippen LogP contribution is 2.24. The van der Waals surface area contributed by atoms with Crippen molar-refractivity contribution in [3.8, 4) is 0 Å². The van der Waals surface area contributed by atoms with Gasteiger partial charge in [-0.05, 0) is 45.6 Å². The molecule has 0 aromatic carbocycles. The minimum atomic E-state index is 0.142. The Labute approximate surface area is 117 Å². The molecule has 0 amide bonds. The fraction of sp³-hybridized carbons (Fsp3) is 0.688. The lowest BCUT2D eigenvalue weighted by atomic mass is 9.99. The molecule has 1 aromatic heterocycles. The van der Waals surface area contributed by atoms with Crippen LogP contribution in [0.5, 0.6) is 0 Å². The Morgan fingerprint density at radius 1 is 1.32 bits per heavy atom. The van der Waals surface area contributed by atoms with Crippen molar-refractivity contribution in [1.29, 1.82) is 0 Å². The molecule has 19 heavy (non-hydrogen) atoms. The molecule has 0 radical (unpaired) electrons. The molecule has 1 aromatic rings. The van der Waals surface area contributed by atoms with Crippen LogP contribution < -0.4 is 10.2 Å². The highest BCUT2D eigenvalue weighted by molar-refractivity contribution is 5.47. The average molecular weight is 261 g/mol. The molecule has 1 fully saturated rings. The Hall–Kier alpha value is -1.09. The lowest BCUT2D eigenvalue weighted by Crippen LogP contribution is -2.37. The van der Waals surface area contributed by atoms with E-state index in [1.807, 2.05) is 12.3 Å². The molecule has 2 heterocycles. The summed E-state index contributed by atoms with van der Waals surface area (Å²) in [5, 5.41) is 3.56. The fourth-order valence-electron chi connectivity index (χ4n) is 2.43. The molecular formula is C16H27N3. The monoisotopic (exact) mass is 261 g/mol. The van der Waals surface area contributed by atoms with E-state index in [2.05, 4.69) is 49.0 Å². The maximum Gasteiger partial charge on any atom is 0.133 e. The van der Waals surface area contributed by atoms with Crippen LogP contribution in [0.1, 0.15) is 46.1 Å². The third-order valence-electron chi connectivity index (χ3n) is 3.76. The largest absolute Gasteiger partial charge is 0.356 e. The Kier molecular flexibility index (Phi) is 4.46. The van der Waals surface area contributed by atoms with Crippen LogP contribution in [0, 0.1) is 5.92 Å². The Balaban J connectivity index is 2.08. The molecule has 0 saturated carbocycles. The summed E-state index contributed by atoms with van der Waals surface area (Å²) in [5.74, 6) is 2.03. The molecule has 106 valence electrons. The molecular weight excluding hydrogens is 234 g/mol. The van der Waals surface area contributed by atoms with Crippen molar-refractivity contribution in [3.63, 3.8) is 0 Å². The fourth-order valence-corrected chi connectivity index (χ4v) is 2.43. The van der Waals surface area contributed by atoms with Crippen LogP contribution in [-0.4, -0.2) is 23.6 Å². The number of hydrogen-bond acceptors (Lipinski definition) is 3. The van der Waals surface area contributed by atoms with Crippen molar-refractivity contribution >= 4 is 5.82 Å². The maximum absolute atomic E-state index is 4.61. The first-order valence-electron chi connectivity index (χ1n) is 7.39. The first-order valence-corrected chi connectivity index (χ1v) is 7.39. The summed E-state index contributed by atoms with van der Waals surface area (Å²) in [6, 6.07) is 4.23. The number of aromatic nitrogens is 1. The summed E-state index contributed by atoms with van der Waals surface area (Å²) in [5.41, 5.74) is 1.45. The lowest BCUT2D eigenvalue weighted by molar-refractivity contribution is 0.419. The van der Waals surface area contributed by atoms with E-state index < -0.39 is 0 Å². The number of anilines is 1. The SMILES string of the molecule is CC1CCN(c2ncccc2CNC(C)(C)C)CC1. The zero-order chi connectivity index (χ0) is 13.9. The van der Waals surface area contributed by atoms with E-state index in [4.69, 9.17) is 0 Å². The van der Waals surface area contributed by atoms with Crippen molar-refractivity contribution in [2.75, 3.05) is 18.0 Å². The number of rotatable bonds is 3. The molecule has 1 aliphatic heterocycles. The zero-order valence-electron chi connectivity index (χ0n) is 12.7. The topological polar surface area (TPSA) is 28.2 Å². The van der Waals surface area contributed by atoms with E-state index in [1.165, 1.54) is 24.2 Å². The molecule has 0 unspecified atom stereocenters. The molecule has 3 nitrogen and oxygen atoms in total. The van der Waals surface area contributed by atoms with Gasteiger partial charge in [0.05, 0.1) is 0 Å². The quantitative estimate of drug-likeness (QED) is 0.905. The lowest BCUT2D eigenvalue weighted by Gasteiger charge is -2.33. The van der Waals surface area contributed by atoms with Gasteiger partial charge in [-0.2, -0.15) is 0 Å². The summed E-state index contributed by atoms with van der Waals surface area (Å²) >= 11 is 0. The minimum Gasteiger partial charge on any atom is -0.356 e. The summed E-state index contributed by atoms with van der Waals surface area (Å²) < 4.78 is 0. The Morgan fingerprint density at radius 3 is 2.63 bits per heavy atom. The van der Waals surface area contributed by atoms with E-state index >= 15 is 0 Å². The standard InChI is InChI=1S/C16H27N3/c1-13-7-10-19(11-8-13)15-14(6-5-9-17-15)12-18-16(2,3)4/h5-6,9,13,18H,7-8,10-12H2,1-4H3. The van der Waals surface area contributed by atoms with Crippen LogP contribution in [-0.2, 0) is 6.54 Å².